The molecule has 1 amide bonds. The van der Waals surface area contributed by atoms with Gasteiger partial charge in [-0.2, -0.15) is 0 Å². The zero-order chi connectivity index (χ0) is 29.8. The molecule has 4 N–H and O–H groups in total. The maximum absolute atomic E-state index is 14.0. The number of anilines is 1. The number of carbonyl (C=O) groups is 2. The van der Waals surface area contributed by atoms with E-state index in [0.717, 1.165) is 6.54 Å². The average molecular weight is 586 g/mol. The van der Waals surface area contributed by atoms with E-state index < -0.39 is 34.3 Å². The molecule has 5 saturated carbocycles. The maximum atomic E-state index is 14.0. The van der Waals surface area contributed by atoms with Gasteiger partial charge in [-0.05, 0) is 44.7 Å². The lowest BCUT2D eigenvalue weighted by Gasteiger charge is -2.68. The molecule has 10 nitrogen and oxygen atoms in total. The van der Waals surface area contributed by atoms with E-state index >= 15 is 0 Å². The normalized spacial score (nSPS) is 49.5. The summed E-state index contributed by atoms with van der Waals surface area (Å²) in [5.74, 6) is -1.43. The van der Waals surface area contributed by atoms with Crippen molar-refractivity contribution in [3.8, 4) is 0 Å². The van der Waals surface area contributed by atoms with Crippen molar-refractivity contribution >= 4 is 17.6 Å². The number of para-hydroxylation sites is 1. The fourth-order valence-electron chi connectivity index (χ4n) is 11.8. The van der Waals surface area contributed by atoms with Gasteiger partial charge in [-0.25, -0.2) is 4.79 Å². The number of quaternary nitrogens is 1. The monoisotopic (exact) mass is 585 g/mol. The molecule has 1 aromatic carbocycles. The van der Waals surface area contributed by atoms with Crippen molar-refractivity contribution in [2.24, 2.45) is 29.1 Å². The van der Waals surface area contributed by atoms with Crippen LogP contribution in [0.4, 0.5) is 5.69 Å². The number of benzene rings is 1. The largest absolute Gasteiger partial charge is 0.449 e. The quantitative estimate of drug-likeness (QED) is 0.346. The van der Waals surface area contributed by atoms with Crippen molar-refractivity contribution in [3.05, 3.63) is 29.8 Å². The number of hydrogen-bond acceptors (Lipinski definition) is 8. The van der Waals surface area contributed by atoms with E-state index in [-0.39, 0.29) is 47.8 Å². The molecule has 0 aromatic heterocycles. The summed E-state index contributed by atoms with van der Waals surface area (Å²) in [6.45, 7) is 4.99. The van der Waals surface area contributed by atoms with Crippen LogP contribution in [0.25, 0.3) is 0 Å². The highest BCUT2D eigenvalue weighted by Gasteiger charge is 2.90. The highest BCUT2D eigenvalue weighted by molar-refractivity contribution is 6.00. The molecule has 230 valence electrons. The standard InChI is InChI=1S/C32H44N2O8/c1-6-34-16-29(42-28(36)18-9-7-8-10-21(18)33-17(2)35)12-11-25(40-4)31-23(29)14-20(26(31)34)30(37)15-22(39-3)19-13-24(31)32(30,38)27(19)41-5/h7-10,19-20,22-27,37-38H,6,11-16H2,1-5H3,(H,33,35)/p+1. The number of carbonyl (C=O) groups excluding carboxylic acids is 2. The summed E-state index contributed by atoms with van der Waals surface area (Å²) < 4.78 is 25.1. The zero-order valence-corrected chi connectivity index (χ0v) is 25.2. The van der Waals surface area contributed by atoms with Gasteiger partial charge >= 0.3 is 5.97 Å². The molecular formula is C32H45N2O8+. The summed E-state index contributed by atoms with van der Waals surface area (Å²) in [5.41, 5.74) is -3.45. The van der Waals surface area contributed by atoms with Crippen molar-refractivity contribution < 1.29 is 43.6 Å². The number of nitrogens with one attached hydrogen (secondary N) is 2. The first-order chi connectivity index (χ1) is 20.1. The number of aliphatic hydroxyl groups is 2. The minimum atomic E-state index is -1.46. The Morgan fingerprint density at radius 3 is 2.50 bits per heavy atom. The Hall–Kier alpha value is -2.08. The lowest BCUT2D eigenvalue weighted by molar-refractivity contribution is -0.952. The van der Waals surface area contributed by atoms with Crippen molar-refractivity contribution in [2.75, 3.05) is 39.7 Å². The predicted molar refractivity (Wildman–Crippen MR) is 151 cm³/mol. The Morgan fingerprint density at radius 2 is 1.83 bits per heavy atom. The lowest BCUT2D eigenvalue weighted by Crippen LogP contribution is -3.22. The summed E-state index contributed by atoms with van der Waals surface area (Å²) >= 11 is 0. The third-order valence-electron chi connectivity index (χ3n) is 12.8. The van der Waals surface area contributed by atoms with E-state index in [1.807, 2.05) is 0 Å². The molecule has 42 heavy (non-hydrogen) atoms. The molecule has 1 aromatic rings. The SMILES string of the molecule is CC[NH+]1CC2(OC(=O)c3ccccc3NC(C)=O)CCC(OC)C34C1C(CC23)C1(O)CC(OC)C2CC4C1(O)C2OC. The van der Waals surface area contributed by atoms with Gasteiger partial charge in [0.1, 0.15) is 23.8 Å². The third kappa shape index (κ3) is 3.21. The number of esters is 1. The van der Waals surface area contributed by atoms with E-state index in [9.17, 15) is 19.8 Å². The van der Waals surface area contributed by atoms with Crippen molar-refractivity contribution in [1.82, 2.24) is 0 Å². The second-order valence-corrected chi connectivity index (χ2v) is 13.8. The first-order valence-corrected chi connectivity index (χ1v) is 15.5. The van der Waals surface area contributed by atoms with Gasteiger partial charge in [-0.3, -0.25) is 4.79 Å². The summed E-state index contributed by atoms with van der Waals surface area (Å²) in [4.78, 5) is 27.2. The van der Waals surface area contributed by atoms with Crippen LogP contribution in [0, 0.1) is 29.1 Å². The lowest BCUT2D eigenvalue weighted by atomic mass is 9.44. The summed E-state index contributed by atoms with van der Waals surface area (Å²) in [6, 6.07) is 7.00. The molecule has 13 unspecified atom stereocenters. The Kier molecular flexibility index (Phi) is 6.46. The third-order valence-corrected chi connectivity index (χ3v) is 12.8. The van der Waals surface area contributed by atoms with Crippen LogP contribution in [0.2, 0.25) is 0 Å². The molecule has 1 aliphatic heterocycles. The number of amides is 1. The Balaban J connectivity index is 1.38. The smallest absolute Gasteiger partial charge is 0.341 e. The molecule has 1 spiro atoms. The van der Waals surface area contributed by atoms with Gasteiger partial charge < -0.3 is 39.4 Å². The fourth-order valence-corrected chi connectivity index (χ4v) is 11.8. The number of piperidine rings is 1. The van der Waals surface area contributed by atoms with Crippen LogP contribution in [-0.4, -0.2) is 97.7 Å². The first-order valence-electron chi connectivity index (χ1n) is 15.5. The van der Waals surface area contributed by atoms with Gasteiger partial charge in [0, 0.05) is 58.3 Å². The van der Waals surface area contributed by atoms with E-state index in [1.165, 1.54) is 11.8 Å². The van der Waals surface area contributed by atoms with Gasteiger partial charge in [0.25, 0.3) is 0 Å². The van der Waals surface area contributed by atoms with Crippen LogP contribution in [0.3, 0.4) is 0 Å². The molecule has 6 aliphatic rings. The Labute approximate surface area is 247 Å². The molecule has 0 radical (unpaired) electrons. The van der Waals surface area contributed by atoms with Gasteiger partial charge in [0.15, 0.2) is 5.60 Å². The fraction of sp³-hybridized carbons (Fsp3) is 0.750. The van der Waals surface area contributed by atoms with Crippen LogP contribution in [0.5, 0.6) is 0 Å². The Bertz CT molecular complexity index is 1290. The molecular weight excluding hydrogens is 540 g/mol. The van der Waals surface area contributed by atoms with Crippen molar-refractivity contribution in [3.63, 3.8) is 0 Å². The molecule has 1 saturated heterocycles. The highest BCUT2D eigenvalue weighted by atomic mass is 16.6. The van der Waals surface area contributed by atoms with Gasteiger partial charge in [0.2, 0.25) is 5.91 Å². The number of fused-ring (bicyclic) bond motifs is 2. The predicted octanol–water partition coefficient (Wildman–Crippen LogP) is 0.805. The number of hydrogen-bond donors (Lipinski definition) is 4. The number of likely N-dealkylation sites (N-methyl/N-ethyl adjacent to an activating group) is 1. The number of likely N-dealkylation sites (tertiary alicyclic amines) is 1. The second kappa shape index (κ2) is 9.46. The van der Waals surface area contributed by atoms with Crippen LogP contribution >= 0.6 is 0 Å². The minimum Gasteiger partial charge on any atom is -0.449 e. The minimum absolute atomic E-state index is 0.0402. The Morgan fingerprint density at radius 1 is 1.07 bits per heavy atom. The van der Waals surface area contributed by atoms with Crippen LogP contribution in [0.1, 0.15) is 56.3 Å². The second-order valence-electron chi connectivity index (χ2n) is 13.8. The summed E-state index contributed by atoms with van der Waals surface area (Å²) in [7, 11) is 5.07. The summed E-state index contributed by atoms with van der Waals surface area (Å²) in [6.07, 6.45) is 2.03. The van der Waals surface area contributed by atoms with E-state index in [2.05, 4.69) is 12.2 Å². The van der Waals surface area contributed by atoms with E-state index in [1.54, 1.807) is 45.6 Å². The highest BCUT2D eigenvalue weighted by Crippen LogP contribution is 2.77. The maximum Gasteiger partial charge on any atom is 0.341 e. The molecule has 1 heterocycles. The molecule has 7 rings (SSSR count). The molecule has 13 atom stereocenters. The number of ether oxygens (including phenoxy) is 4. The van der Waals surface area contributed by atoms with Crippen molar-refractivity contribution in [2.45, 2.75) is 87.1 Å². The van der Waals surface area contributed by atoms with E-state index in [0.29, 0.717) is 49.9 Å². The molecule has 6 fully saturated rings. The van der Waals surface area contributed by atoms with Crippen LogP contribution in [0.15, 0.2) is 24.3 Å². The first kappa shape index (κ1) is 28.7. The van der Waals surface area contributed by atoms with Gasteiger partial charge in [0.05, 0.1) is 41.5 Å². The van der Waals surface area contributed by atoms with Gasteiger partial charge in [-0.15, -0.1) is 0 Å². The topological polar surface area (TPSA) is 128 Å². The molecule has 5 aliphatic carbocycles. The molecule has 7 bridgehead atoms. The van der Waals surface area contributed by atoms with Crippen molar-refractivity contribution in [1.29, 1.82) is 0 Å². The van der Waals surface area contributed by atoms with Gasteiger partial charge in [-0.1, -0.05) is 12.1 Å². The zero-order valence-electron chi connectivity index (χ0n) is 25.2. The number of methoxy groups -OCH3 is 3. The van der Waals surface area contributed by atoms with Crippen LogP contribution in [-0.2, 0) is 23.7 Å². The van der Waals surface area contributed by atoms with Crippen LogP contribution < -0.4 is 10.2 Å². The average Bonchev–Trinajstić information content (AvgIpc) is 3.39. The summed E-state index contributed by atoms with van der Waals surface area (Å²) in [5, 5.41) is 28.5. The molecule has 10 heteroatoms. The number of rotatable bonds is 7. The van der Waals surface area contributed by atoms with E-state index in [4.69, 9.17) is 18.9 Å².